The Labute approximate surface area is 119 Å². The highest BCUT2D eigenvalue weighted by atomic mass is 16.6. The van der Waals surface area contributed by atoms with Gasteiger partial charge in [0.15, 0.2) is 6.23 Å². The topological polar surface area (TPSA) is 128 Å². The van der Waals surface area contributed by atoms with Gasteiger partial charge in [0.1, 0.15) is 23.8 Å². The number of benzene rings is 1. The molecule has 0 amide bonds. The minimum Gasteiger partial charge on any atom is -0.394 e. The molecule has 1 fully saturated rings. The van der Waals surface area contributed by atoms with Crippen LogP contribution in [0.4, 0.5) is 5.69 Å². The van der Waals surface area contributed by atoms with Crippen LogP contribution >= 0.6 is 0 Å². The number of anilines is 1. The normalized spacial score (nSPS) is 28.9. The van der Waals surface area contributed by atoms with Crippen LogP contribution in [-0.2, 0) is 4.74 Å². The van der Waals surface area contributed by atoms with Crippen molar-refractivity contribution < 1.29 is 20.1 Å². The summed E-state index contributed by atoms with van der Waals surface area (Å²) in [6.45, 7) is -0.399. The first-order valence-electron chi connectivity index (χ1n) is 6.47. The summed E-state index contributed by atoms with van der Waals surface area (Å²) in [7, 11) is 0. The number of fused-ring (bicyclic) bond motifs is 1. The van der Waals surface area contributed by atoms with Crippen molar-refractivity contribution in [3.05, 3.63) is 34.9 Å². The van der Waals surface area contributed by atoms with E-state index in [0.29, 0.717) is 16.6 Å². The number of aromatic amines is 1. The molecule has 0 bridgehead atoms. The number of nitrogens with one attached hydrogen (secondary N) is 2. The summed E-state index contributed by atoms with van der Waals surface area (Å²) in [4.78, 5) is 18.3. The molecule has 8 nitrogen and oxygen atoms in total. The van der Waals surface area contributed by atoms with E-state index < -0.39 is 31.1 Å². The molecule has 0 spiro atoms. The summed E-state index contributed by atoms with van der Waals surface area (Å²) < 4.78 is 5.34. The van der Waals surface area contributed by atoms with E-state index in [0.717, 1.165) is 0 Å². The highest BCUT2D eigenvalue weighted by molar-refractivity contribution is 5.89. The molecule has 2 heterocycles. The lowest BCUT2D eigenvalue weighted by molar-refractivity contribution is -0.0153. The number of hydrogen-bond donors (Lipinski definition) is 5. The molecule has 2 aromatic rings. The Morgan fingerprint density at radius 3 is 2.86 bits per heavy atom. The van der Waals surface area contributed by atoms with Crippen LogP contribution in [0.15, 0.2) is 29.3 Å². The second-order valence-corrected chi connectivity index (χ2v) is 4.84. The Hall–Kier alpha value is -2.00. The molecule has 0 aliphatic carbocycles. The average Bonchev–Trinajstić information content (AvgIpc) is 2.76. The molecule has 3 rings (SSSR count). The summed E-state index contributed by atoms with van der Waals surface area (Å²) in [5.74, 6) is 0. The van der Waals surface area contributed by atoms with Crippen molar-refractivity contribution in [3.8, 4) is 0 Å². The molecule has 4 unspecified atom stereocenters. The van der Waals surface area contributed by atoms with Crippen LogP contribution in [-0.4, -0.2) is 56.4 Å². The third kappa shape index (κ3) is 2.38. The molecule has 112 valence electrons. The van der Waals surface area contributed by atoms with Gasteiger partial charge in [0.2, 0.25) is 0 Å². The molecule has 1 saturated heterocycles. The molecule has 1 aromatic carbocycles. The number of aliphatic hydroxyl groups excluding tert-OH is 3. The van der Waals surface area contributed by atoms with Gasteiger partial charge in [0.05, 0.1) is 24.0 Å². The van der Waals surface area contributed by atoms with Crippen molar-refractivity contribution in [2.24, 2.45) is 0 Å². The van der Waals surface area contributed by atoms with Crippen molar-refractivity contribution in [1.82, 2.24) is 9.97 Å². The minimum atomic E-state index is -1.19. The summed E-state index contributed by atoms with van der Waals surface area (Å²) in [5, 5.41) is 32.0. The maximum Gasteiger partial charge on any atom is 0.258 e. The fraction of sp³-hybridized carbons (Fsp3) is 0.385. The van der Waals surface area contributed by atoms with Gasteiger partial charge in [-0.2, -0.15) is 0 Å². The molecular weight excluding hydrogens is 278 g/mol. The van der Waals surface area contributed by atoms with Crippen molar-refractivity contribution in [1.29, 1.82) is 0 Å². The predicted molar refractivity (Wildman–Crippen MR) is 73.7 cm³/mol. The van der Waals surface area contributed by atoms with Gasteiger partial charge in [0.25, 0.3) is 5.56 Å². The fourth-order valence-corrected chi connectivity index (χ4v) is 2.39. The zero-order chi connectivity index (χ0) is 15.0. The molecular formula is C13H15N3O5. The molecule has 1 aromatic heterocycles. The van der Waals surface area contributed by atoms with E-state index in [1.165, 1.54) is 6.33 Å². The van der Waals surface area contributed by atoms with Crippen LogP contribution in [0.5, 0.6) is 0 Å². The van der Waals surface area contributed by atoms with Crippen molar-refractivity contribution in [3.63, 3.8) is 0 Å². The number of ether oxygens (including phenoxy) is 1. The SMILES string of the molecule is O=c1[nH]cnc2c(NC3OC(CO)C(O)C3O)cccc12. The van der Waals surface area contributed by atoms with Gasteiger partial charge in [-0.25, -0.2) is 4.98 Å². The molecule has 21 heavy (non-hydrogen) atoms. The molecule has 1 aliphatic rings. The Balaban J connectivity index is 1.93. The van der Waals surface area contributed by atoms with E-state index in [2.05, 4.69) is 15.3 Å². The first-order valence-corrected chi connectivity index (χ1v) is 6.47. The Morgan fingerprint density at radius 2 is 2.14 bits per heavy atom. The van der Waals surface area contributed by atoms with E-state index in [-0.39, 0.29) is 5.56 Å². The highest BCUT2D eigenvalue weighted by Crippen LogP contribution is 2.25. The van der Waals surface area contributed by atoms with E-state index in [1.54, 1.807) is 18.2 Å². The Kier molecular flexibility index (Phi) is 3.60. The number of rotatable bonds is 3. The summed E-state index contributed by atoms with van der Waals surface area (Å²) in [6.07, 6.45) is -2.85. The number of aliphatic hydroxyl groups is 3. The van der Waals surface area contributed by atoms with Gasteiger partial charge in [-0.1, -0.05) is 6.07 Å². The van der Waals surface area contributed by atoms with Crippen molar-refractivity contribution in [2.45, 2.75) is 24.5 Å². The average molecular weight is 293 g/mol. The fourth-order valence-electron chi connectivity index (χ4n) is 2.39. The zero-order valence-electron chi connectivity index (χ0n) is 10.9. The molecule has 8 heteroatoms. The summed E-state index contributed by atoms with van der Waals surface area (Å²) in [6, 6.07) is 4.98. The van der Waals surface area contributed by atoms with Gasteiger partial charge in [0, 0.05) is 0 Å². The monoisotopic (exact) mass is 293 g/mol. The van der Waals surface area contributed by atoms with Crippen LogP contribution in [0.25, 0.3) is 10.9 Å². The summed E-state index contributed by atoms with van der Waals surface area (Å²) >= 11 is 0. The standard InChI is InChI=1S/C13H15N3O5/c17-4-8-10(18)11(19)13(21-8)16-7-3-1-2-6-9(7)14-5-15-12(6)20/h1-3,5,8,10-11,13,16-19H,4H2,(H,14,15,20). The zero-order valence-corrected chi connectivity index (χ0v) is 10.9. The Bertz CT molecular complexity index is 704. The lowest BCUT2D eigenvalue weighted by atomic mass is 10.1. The third-order valence-corrected chi connectivity index (χ3v) is 3.51. The van der Waals surface area contributed by atoms with Crippen LogP contribution < -0.4 is 10.9 Å². The Morgan fingerprint density at radius 1 is 1.33 bits per heavy atom. The second kappa shape index (κ2) is 5.41. The third-order valence-electron chi connectivity index (χ3n) is 3.51. The second-order valence-electron chi connectivity index (χ2n) is 4.84. The maximum absolute atomic E-state index is 11.7. The van der Waals surface area contributed by atoms with Gasteiger partial charge in [-0.15, -0.1) is 0 Å². The van der Waals surface area contributed by atoms with Crippen LogP contribution in [0, 0.1) is 0 Å². The van der Waals surface area contributed by atoms with E-state index in [4.69, 9.17) is 9.84 Å². The van der Waals surface area contributed by atoms with Crippen molar-refractivity contribution >= 4 is 16.6 Å². The first-order chi connectivity index (χ1) is 10.1. The van der Waals surface area contributed by atoms with E-state index in [1.807, 2.05) is 0 Å². The number of hydrogen-bond acceptors (Lipinski definition) is 7. The lowest BCUT2D eigenvalue weighted by Crippen LogP contribution is -2.36. The molecule has 0 radical (unpaired) electrons. The number of aromatic nitrogens is 2. The maximum atomic E-state index is 11.7. The molecule has 4 atom stereocenters. The first kappa shape index (κ1) is 14.0. The van der Waals surface area contributed by atoms with Crippen LogP contribution in [0.1, 0.15) is 0 Å². The number of nitrogens with zero attached hydrogens (tertiary/aromatic N) is 1. The number of H-pyrrole nitrogens is 1. The van der Waals surface area contributed by atoms with E-state index in [9.17, 15) is 15.0 Å². The van der Waals surface area contributed by atoms with Gasteiger partial charge in [-0.05, 0) is 12.1 Å². The quantitative estimate of drug-likeness (QED) is 0.479. The smallest absolute Gasteiger partial charge is 0.258 e. The van der Waals surface area contributed by atoms with Crippen LogP contribution in [0.3, 0.4) is 0 Å². The van der Waals surface area contributed by atoms with Gasteiger partial charge >= 0.3 is 0 Å². The van der Waals surface area contributed by atoms with E-state index >= 15 is 0 Å². The molecule has 0 saturated carbocycles. The number of para-hydroxylation sites is 1. The summed E-state index contributed by atoms with van der Waals surface area (Å²) in [5.41, 5.74) is 0.650. The predicted octanol–water partition coefficient (Wildman–Crippen LogP) is -1.23. The van der Waals surface area contributed by atoms with Crippen LogP contribution in [0.2, 0.25) is 0 Å². The minimum absolute atomic E-state index is 0.273. The largest absolute Gasteiger partial charge is 0.394 e. The molecule has 1 aliphatic heterocycles. The van der Waals surface area contributed by atoms with Gasteiger partial charge < -0.3 is 30.4 Å². The van der Waals surface area contributed by atoms with Gasteiger partial charge in [-0.3, -0.25) is 4.79 Å². The molecule has 5 N–H and O–H groups in total. The highest BCUT2D eigenvalue weighted by Gasteiger charge is 2.42. The lowest BCUT2D eigenvalue weighted by Gasteiger charge is -2.18. The van der Waals surface area contributed by atoms with Crippen molar-refractivity contribution in [2.75, 3.05) is 11.9 Å².